The number of nitrogens with one attached hydrogen (secondary N) is 1. The molecule has 28 heavy (non-hydrogen) atoms. The minimum atomic E-state index is -1.05. The fourth-order valence-corrected chi connectivity index (χ4v) is 4.28. The number of hydrogen-bond donors (Lipinski definition) is 1. The maximum Gasteiger partial charge on any atom is 0.242 e. The quantitative estimate of drug-likeness (QED) is 0.748. The molecule has 0 radical (unpaired) electrons. The number of carbonyl (C=O) groups is 2. The Morgan fingerprint density at radius 3 is 2.57 bits per heavy atom. The van der Waals surface area contributed by atoms with Crippen LogP contribution in [-0.4, -0.2) is 35.8 Å². The summed E-state index contributed by atoms with van der Waals surface area (Å²) in [4.78, 5) is 27.7. The number of rotatable bonds is 2. The second kappa shape index (κ2) is 5.69. The van der Waals surface area contributed by atoms with Crippen LogP contribution in [0.3, 0.4) is 0 Å². The van der Waals surface area contributed by atoms with Gasteiger partial charge in [0.2, 0.25) is 11.8 Å². The number of anilines is 2. The van der Waals surface area contributed by atoms with Crippen molar-refractivity contribution in [3.63, 3.8) is 0 Å². The first-order chi connectivity index (χ1) is 13.6. The maximum atomic E-state index is 13.4. The maximum absolute atomic E-state index is 13.4. The van der Waals surface area contributed by atoms with Gasteiger partial charge in [0.25, 0.3) is 0 Å². The van der Waals surface area contributed by atoms with Crippen molar-refractivity contribution >= 4 is 23.3 Å². The van der Waals surface area contributed by atoms with E-state index in [4.69, 9.17) is 4.74 Å². The summed E-state index contributed by atoms with van der Waals surface area (Å²) >= 11 is 0. The highest BCUT2D eigenvalue weighted by atomic mass is 16.5. The van der Waals surface area contributed by atoms with Gasteiger partial charge in [-0.15, -0.1) is 0 Å². The first-order valence-electron chi connectivity index (χ1n) is 8.96. The molecule has 3 heterocycles. The zero-order valence-corrected chi connectivity index (χ0v) is 15.5. The van der Waals surface area contributed by atoms with Gasteiger partial charge in [-0.05, 0) is 35.9 Å². The van der Waals surface area contributed by atoms with Crippen molar-refractivity contribution in [1.29, 1.82) is 0 Å². The summed E-state index contributed by atoms with van der Waals surface area (Å²) in [6.07, 6.45) is 1.75. The van der Waals surface area contributed by atoms with Crippen LogP contribution < -0.4 is 15.0 Å². The molecular weight excluding hydrogens is 356 g/mol. The van der Waals surface area contributed by atoms with Gasteiger partial charge in [0.1, 0.15) is 17.0 Å². The molecule has 0 bridgehead atoms. The minimum absolute atomic E-state index is 0.0640. The molecule has 0 saturated heterocycles. The fraction of sp³-hybridized carbons (Fsp3) is 0.190. The first-order valence-corrected chi connectivity index (χ1v) is 8.96. The number of carbonyl (C=O) groups excluding carboxylic acids is 2. The number of hydrogen-bond acceptors (Lipinski definition) is 4. The number of likely N-dealkylation sites (N-methyl/N-ethyl adjacent to an activating group) is 1. The highest BCUT2D eigenvalue weighted by Gasteiger charge is 2.56. The molecule has 2 amide bonds. The average Bonchev–Trinajstić information content (AvgIpc) is 3.23. The predicted molar refractivity (Wildman–Crippen MR) is 104 cm³/mol. The Hall–Kier alpha value is -3.61. The second-order valence-electron chi connectivity index (χ2n) is 7.03. The number of para-hydroxylation sites is 1. The first kappa shape index (κ1) is 16.6. The Labute approximate surface area is 161 Å². The fourth-order valence-electron chi connectivity index (χ4n) is 4.28. The third kappa shape index (κ3) is 2.01. The van der Waals surface area contributed by atoms with E-state index in [1.54, 1.807) is 29.9 Å². The van der Waals surface area contributed by atoms with E-state index in [0.717, 1.165) is 22.7 Å². The summed E-state index contributed by atoms with van der Waals surface area (Å²) in [5, 5.41) is 7.41. The van der Waals surface area contributed by atoms with Gasteiger partial charge < -0.3 is 15.0 Å². The largest absolute Gasteiger partial charge is 0.497 e. The molecule has 3 aromatic rings. The van der Waals surface area contributed by atoms with Gasteiger partial charge in [0.05, 0.1) is 19.0 Å². The van der Waals surface area contributed by atoms with E-state index in [9.17, 15) is 9.59 Å². The van der Waals surface area contributed by atoms with Crippen molar-refractivity contribution in [2.45, 2.75) is 11.8 Å². The summed E-state index contributed by atoms with van der Waals surface area (Å²) in [6, 6.07) is 15.0. The number of fused-ring (bicyclic) bond motifs is 4. The number of methoxy groups -OCH3 is 1. The van der Waals surface area contributed by atoms with Crippen molar-refractivity contribution in [3.8, 4) is 11.4 Å². The number of benzene rings is 2. The normalized spacial score (nSPS) is 20.1. The van der Waals surface area contributed by atoms with Crippen molar-refractivity contribution in [2.75, 3.05) is 24.4 Å². The number of ether oxygens (including phenoxy) is 1. The van der Waals surface area contributed by atoms with Gasteiger partial charge in [-0.3, -0.25) is 9.59 Å². The van der Waals surface area contributed by atoms with Crippen LogP contribution in [0.15, 0.2) is 54.7 Å². The molecular formula is C21H18N4O3. The lowest BCUT2D eigenvalue weighted by molar-refractivity contribution is -0.126. The molecule has 140 valence electrons. The smallest absolute Gasteiger partial charge is 0.242 e. The predicted octanol–water partition coefficient (Wildman–Crippen LogP) is 2.49. The SMILES string of the molecule is COc1ccc(-n2ncc3c2NC(=O)C[C@]32C(=O)N(C)c3ccccc32)cc1. The molecule has 2 aromatic carbocycles. The summed E-state index contributed by atoms with van der Waals surface area (Å²) in [5.41, 5.74) is 2.10. The van der Waals surface area contributed by atoms with Gasteiger partial charge in [0, 0.05) is 24.7 Å². The molecule has 2 aliphatic heterocycles. The molecule has 5 rings (SSSR count). The van der Waals surface area contributed by atoms with E-state index >= 15 is 0 Å². The molecule has 2 aliphatic rings. The number of amides is 2. The Kier molecular flexibility index (Phi) is 3.37. The van der Waals surface area contributed by atoms with Gasteiger partial charge >= 0.3 is 0 Å². The van der Waals surface area contributed by atoms with Crippen LogP contribution in [0.2, 0.25) is 0 Å². The Morgan fingerprint density at radius 2 is 1.82 bits per heavy atom. The molecule has 0 unspecified atom stereocenters. The van der Waals surface area contributed by atoms with E-state index in [-0.39, 0.29) is 18.2 Å². The lowest BCUT2D eigenvalue weighted by Gasteiger charge is -2.32. The number of aromatic nitrogens is 2. The Bertz CT molecular complexity index is 1120. The Morgan fingerprint density at radius 1 is 1.07 bits per heavy atom. The van der Waals surface area contributed by atoms with Gasteiger partial charge in [-0.25, -0.2) is 4.68 Å². The zero-order chi connectivity index (χ0) is 19.5. The van der Waals surface area contributed by atoms with Crippen LogP contribution >= 0.6 is 0 Å². The van der Waals surface area contributed by atoms with E-state index in [0.29, 0.717) is 11.4 Å². The number of nitrogens with zero attached hydrogens (tertiary/aromatic N) is 3. The van der Waals surface area contributed by atoms with E-state index in [2.05, 4.69) is 10.4 Å². The summed E-state index contributed by atoms with van der Waals surface area (Å²) < 4.78 is 6.86. The van der Waals surface area contributed by atoms with Crippen molar-refractivity contribution in [3.05, 3.63) is 65.9 Å². The summed E-state index contributed by atoms with van der Waals surface area (Å²) in [5.74, 6) is 0.937. The second-order valence-corrected chi connectivity index (χ2v) is 7.03. The molecule has 0 aliphatic carbocycles. The Balaban J connectivity index is 1.73. The molecule has 7 nitrogen and oxygen atoms in total. The molecule has 0 saturated carbocycles. The van der Waals surface area contributed by atoms with Crippen LogP contribution in [0.1, 0.15) is 17.5 Å². The van der Waals surface area contributed by atoms with Gasteiger partial charge in [0.15, 0.2) is 0 Å². The van der Waals surface area contributed by atoms with Crippen molar-refractivity contribution in [2.24, 2.45) is 0 Å². The van der Waals surface area contributed by atoms with E-state index < -0.39 is 5.41 Å². The van der Waals surface area contributed by atoms with E-state index in [1.807, 2.05) is 48.5 Å². The average molecular weight is 374 g/mol. The highest BCUT2D eigenvalue weighted by Crippen LogP contribution is 2.51. The van der Waals surface area contributed by atoms with Crippen LogP contribution in [0, 0.1) is 0 Å². The summed E-state index contributed by atoms with van der Waals surface area (Å²) in [6.45, 7) is 0. The van der Waals surface area contributed by atoms with Gasteiger partial charge in [-0.2, -0.15) is 5.10 Å². The lowest BCUT2D eigenvalue weighted by Crippen LogP contribution is -2.45. The summed E-state index contributed by atoms with van der Waals surface area (Å²) in [7, 11) is 3.35. The molecule has 1 N–H and O–H groups in total. The van der Waals surface area contributed by atoms with Crippen LogP contribution in [0.4, 0.5) is 11.5 Å². The highest BCUT2D eigenvalue weighted by molar-refractivity contribution is 6.15. The van der Waals surface area contributed by atoms with Crippen molar-refractivity contribution < 1.29 is 14.3 Å². The van der Waals surface area contributed by atoms with Gasteiger partial charge in [-0.1, -0.05) is 18.2 Å². The third-order valence-electron chi connectivity index (χ3n) is 5.62. The molecule has 0 fully saturated rings. The van der Waals surface area contributed by atoms with Crippen LogP contribution in [-0.2, 0) is 15.0 Å². The van der Waals surface area contributed by atoms with Crippen molar-refractivity contribution in [1.82, 2.24) is 9.78 Å². The standard InChI is InChI=1S/C21H18N4O3/c1-24-17-6-4-3-5-15(17)21(20(24)27)11-18(26)23-19-16(21)12-22-25(19)13-7-9-14(28-2)10-8-13/h3-10,12H,11H2,1-2H3,(H,23,26)/t21-/m1/s1. The molecule has 1 aromatic heterocycles. The van der Waals surface area contributed by atoms with Crippen LogP contribution in [0.25, 0.3) is 5.69 Å². The lowest BCUT2D eigenvalue weighted by atomic mass is 9.72. The monoisotopic (exact) mass is 374 g/mol. The topological polar surface area (TPSA) is 76.5 Å². The van der Waals surface area contributed by atoms with Crippen LogP contribution in [0.5, 0.6) is 5.75 Å². The molecule has 7 heteroatoms. The van der Waals surface area contributed by atoms with E-state index in [1.165, 1.54) is 0 Å². The third-order valence-corrected chi connectivity index (χ3v) is 5.62. The minimum Gasteiger partial charge on any atom is -0.497 e. The molecule has 1 atom stereocenters. The molecule has 1 spiro atoms. The zero-order valence-electron chi connectivity index (χ0n) is 15.5.